The van der Waals surface area contributed by atoms with Crippen molar-refractivity contribution in [2.24, 2.45) is 5.92 Å². The minimum Gasteiger partial charge on any atom is -0.497 e. The Labute approximate surface area is 293 Å². The second-order valence-corrected chi connectivity index (χ2v) is 18.4. The molecule has 4 atom stereocenters. The van der Waals surface area contributed by atoms with Crippen molar-refractivity contribution in [3.8, 4) is 5.75 Å². The highest BCUT2D eigenvalue weighted by molar-refractivity contribution is 6.91. The number of hydrogen-bond acceptors (Lipinski definition) is 7. The summed E-state index contributed by atoms with van der Waals surface area (Å²) < 4.78 is 12.4. The lowest BCUT2D eigenvalue weighted by Gasteiger charge is -2.37. The molecule has 11 heteroatoms. The lowest BCUT2D eigenvalue weighted by molar-refractivity contribution is -0.148. The summed E-state index contributed by atoms with van der Waals surface area (Å²) in [5.74, 6) is -0.360. The molecule has 1 fully saturated rings. The van der Waals surface area contributed by atoms with Gasteiger partial charge in [-0.25, -0.2) is 0 Å². The van der Waals surface area contributed by atoms with Crippen molar-refractivity contribution in [2.75, 3.05) is 36.6 Å². The molecule has 2 aliphatic heterocycles. The number of rotatable bonds is 11. The number of ether oxygens (including phenoxy) is 2. The monoisotopic (exact) mass is 692 g/mol. The Bertz CT molecular complexity index is 1870. The average molecular weight is 693 g/mol. The van der Waals surface area contributed by atoms with Crippen molar-refractivity contribution in [2.45, 2.75) is 50.2 Å². The third kappa shape index (κ3) is 6.51. The largest absolute Gasteiger partial charge is 0.497 e. The van der Waals surface area contributed by atoms with E-state index in [9.17, 15) is 19.5 Å². The Hall–Kier alpha value is -4.97. The van der Waals surface area contributed by atoms with Gasteiger partial charge in [0.2, 0.25) is 5.91 Å². The summed E-state index contributed by atoms with van der Waals surface area (Å²) in [6.45, 7) is 6.88. The number of fused-ring (bicyclic) bond motifs is 2. The van der Waals surface area contributed by atoms with Gasteiger partial charge in [-0.2, -0.15) is 0 Å². The number of carbonyl (C=O) groups is 3. The number of benzene rings is 4. The molecule has 0 aliphatic carbocycles. The van der Waals surface area contributed by atoms with Gasteiger partial charge in [-0.1, -0.05) is 67.7 Å². The van der Waals surface area contributed by atoms with Gasteiger partial charge in [-0.3, -0.25) is 14.4 Å². The van der Waals surface area contributed by atoms with Crippen LogP contribution in [0.5, 0.6) is 5.75 Å². The third-order valence-electron chi connectivity index (χ3n) is 10.3. The first kappa shape index (κ1) is 34.9. The number of aliphatic hydroxyl groups excluding tert-OH is 1. The third-order valence-corrected chi connectivity index (χ3v) is 14.7. The van der Waals surface area contributed by atoms with Crippen molar-refractivity contribution in [1.82, 2.24) is 4.90 Å². The van der Waals surface area contributed by atoms with Gasteiger partial charge in [0.25, 0.3) is 11.8 Å². The second-order valence-electron chi connectivity index (χ2n) is 13.7. The molecule has 4 aromatic carbocycles. The van der Waals surface area contributed by atoms with Crippen LogP contribution in [0.15, 0.2) is 97.1 Å². The predicted octanol–water partition coefficient (Wildman–Crippen LogP) is 5.11. The van der Waals surface area contributed by atoms with Crippen LogP contribution < -0.4 is 26.3 Å². The van der Waals surface area contributed by atoms with E-state index in [1.54, 1.807) is 54.5 Å². The maximum absolute atomic E-state index is 14.2. The SMILES string of the molecule is COc1ccc([Si](C)(C)[C@@H]2[C@@H](CC(=O)N(CCO)Cc3ccccc3)O[C@]3(C(=O)Nc4ccc(NC(=O)c5ccc(N)cc5)cc43)[C@H]2C)cc1. The normalized spacial score (nSPS) is 21.1. The Morgan fingerprint density at radius 2 is 1.72 bits per heavy atom. The van der Waals surface area contributed by atoms with E-state index in [-0.39, 0.29) is 48.8 Å². The molecule has 0 radical (unpaired) electrons. The Kier molecular flexibility index (Phi) is 9.84. The number of carbonyl (C=O) groups excluding carboxylic acids is 3. The van der Waals surface area contributed by atoms with E-state index in [2.05, 4.69) is 35.9 Å². The summed E-state index contributed by atoms with van der Waals surface area (Å²) in [6, 6.07) is 29.7. The summed E-state index contributed by atoms with van der Waals surface area (Å²) in [5, 5.41) is 17.0. The number of nitrogens with two attached hydrogens (primary N) is 1. The molecule has 1 spiro atoms. The number of nitrogen functional groups attached to an aromatic ring is 1. The number of methoxy groups -OCH3 is 1. The zero-order valence-electron chi connectivity index (χ0n) is 28.8. The lowest BCUT2D eigenvalue weighted by Crippen LogP contribution is -2.52. The van der Waals surface area contributed by atoms with Crippen LogP contribution >= 0.6 is 0 Å². The van der Waals surface area contributed by atoms with E-state index >= 15 is 0 Å². The van der Waals surface area contributed by atoms with E-state index in [1.165, 1.54) is 0 Å². The Morgan fingerprint density at radius 3 is 2.38 bits per heavy atom. The van der Waals surface area contributed by atoms with Crippen molar-refractivity contribution >= 4 is 48.0 Å². The van der Waals surface area contributed by atoms with E-state index in [4.69, 9.17) is 15.2 Å². The van der Waals surface area contributed by atoms with Gasteiger partial charge in [-0.05, 0) is 65.7 Å². The molecule has 260 valence electrons. The molecule has 4 aromatic rings. The van der Waals surface area contributed by atoms with Gasteiger partial charge in [0.05, 0.1) is 34.3 Å². The van der Waals surface area contributed by atoms with Crippen LogP contribution in [0.3, 0.4) is 0 Å². The predicted molar refractivity (Wildman–Crippen MR) is 197 cm³/mol. The highest BCUT2D eigenvalue weighted by Gasteiger charge is 2.65. The van der Waals surface area contributed by atoms with Crippen molar-refractivity contribution < 1.29 is 29.0 Å². The molecule has 2 heterocycles. The number of aliphatic hydroxyl groups is 1. The maximum Gasteiger partial charge on any atom is 0.261 e. The zero-order chi connectivity index (χ0) is 35.6. The molecule has 3 amide bonds. The molecule has 6 rings (SSSR count). The number of nitrogens with zero attached hydrogens (tertiary/aromatic N) is 1. The van der Waals surface area contributed by atoms with Crippen molar-refractivity contribution in [3.05, 3.63) is 114 Å². The van der Waals surface area contributed by atoms with Crippen LogP contribution in [0.4, 0.5) is 17.1 Å². The molecule has 0 bridgehead atoms. The molecule has 0 unspecified atom stereocenters. The van der Waals surface area contributed by atoms with E-state index in [0.29, 0.717) is 34.7 Å². The number of hydrogen-bond donors (Lipinski definition) is 4. The fraction of sp³-hybridized carbons (Fsp3) is 0.308. The fourth-order valence-corrected chi connectivity index (χ4v) is 11.8. The van der Waals surface area contributed by atoms with E-state index in [1.807, 2.05) is 49.4 Å². The Balaban J connectivity index is 1.37. The van der Waals surface area contributed by atoms with Crippen LogP contribution in [-0.2, 0) is 26.5 Å². The van der Waals surface area contributed by atoms with Gasteiger partial charge in [-0.15, -0.1) is 0 Å². The summed E-state index contributed by atoms with van der Waals surface area (Å²) in [6.07, 6.45) is -0.574. The zero-order valence-corrected chi connectivity index (χ0v) is 29.8. The maximum atomic E-state index is 14.2. The molecule has 0 saturated carbocycles. The van der Waals surface area contributed by atoms with E-state index < -0.39 is 19.8 Å². The van der Waals surface area contributed by atoms with E-state index in [0.717, 1.165) is 16.5 Å². The van der Waals surface area contributed by atoms with Crippen LogP contribution in [0.1, 0.15) is 34.8 Å². The summed E-state index contributed by atoms with van der Waals surface area (Å²) in [5.41, 5.74) is 7.94. The molecule has 10 nitrogen and oxygen atoms in total. The van der Waals surface area contributed by atoms with Gasteiger partial charge >= 0.3 is 0 Å². The average Bonchev–Trinajstić information content (AvgIpc) is 3.57. The van der Waals surface area contributed by atoms with Crippen LogP contribution in [0.25, 0.3) is 0 Å². The lowest BCUT2D eigenvalue weighted by atomic mass is 9.82. The quantitative estimate of drug-likeness (QED) is 0.126. The van der Waals surface area contributed by atoms with Crippen LogP contribution in [0, 0.1) is 5.92 Å². The molecule has 2 aliphatic rings. The highest BCUT2D eigenvalue weighted by atomic mass is 28.3. The molecular weight excluding hydrogens is 649 g/mol. The summed E-state index contributed by atoms with van der Waals surface area (Å²) >= 11 is 0. The second kappa shape index (κ2) is 14.1. The molecule has 50 heavy (non-hydrogen) atoms. The highest BCUT2D eigenvalue weighted by Crippen LogP contribution is 2.59. The molecular formula is C39H44N4O6Si. The van der Waals surface area contributed by atoms with Gasteiger partial charge < -0.3 is 35.8 Å². The molecule has 1 saturated heterocycles. The minimum absolute atomic E-state index is 0.0341. The number of anilines is 3. The topological polar surface area (TPSA) is 143 Å². The molecule has 5 N–H and O–H groups in total. The smallest absolute Gasteiger partial charge is 0.261 e. The Morgan fingerprint density at radius 1 is 1.02 bits per heavy atom. The minimum atomic E-state index is -2.50. The first-order valence-electron chi connectivity index (χ1n) is 16.9. The number of nitrogens with one attached hydrogen (secondary N) is 2. The van der Waals surface area contributed by atoms with Gasteiger partial charge in [0.1, 0.15) is 5.75 Å². The van der Waals surface area contributed by atoms with Crippen LogP contribution in [-0.4, -0.2) is 62.2 Å². The van der Waals surface area contributed by atoms with Crippen molar-refractivity contribution in [1.29, 1.82) is 0 Å². The van der Waals surface area contributed by atoms with Gasteiger partial charge in [0, 0.05) is 47.2 Å². The van der Waals surface area contributed by atoms with Gasteiger partial charge in [0.15, 0.2) is 5.60 Å². The van der Waals surface area contributed by atoms with Crippen LogP contribution in [0.2, 0.25) is 18.6 Å². The summed E-state index contributed by atoms with van der Waals surface area (Å²) in [4.78, 5) is 43.1. The first-order valence-corrected chi connectivity index (χ1v) is 19.9. The van der Waals surface area contributed by atoms with Crippen molar-refractivity contribution in [3.63, 3.8) is 0 Å². The first-order chi connectivity index (χ1) is 24.0. The molecule has 0 aromatic heterocycles. The fourth-order valence-electron chi connectivity index (χ4n) is 7.77. The summed E-state index contributed by atoms with van der Waals surface area (Å²) in [7, 11) is -0.865. The number of amides is 3. The standard InChI is InChI=1S/C39H44N4O6Si/c1-25-36(50(3,4)31-17-15-30(48-2)16-18-31)34(23-35(45)43(20-21-44)24-26-8-6-5-7-9-26)49-39(25)32-22-29(14-19-33(32)42-38(39)47)41-37(46)27-10-12-28(40)13-11-27/h5-19,22,25,34,36,44H,20-21,23-24,40H2,1-4H3,(H,41,46)(H,42,47)/t25-,34+,36-,39+/m0/s1.